The van der Waals surface area contributed by atoms with Crippen molar-refractivity contribution in [1.29, 1.82) is 0 Å². The Morgan fingerprint density at radius 1 is 1.12 bits per heavy atom. The van der Waals surface area contributed by atoms with Crippen LogP contribution < -0.4 is 5.73 Å². The molecule has 2 N–H and O–H groups in total. The normalized spacial score (nSPS) is 23.3. The summed E-state index contributed by atoms with van der Waals surface area (Å²) >= 11 is 0. The number of benzene rings is 1. The van der Waals surface area contributed by atoms with Crippen LogP contribution in [0.15, 0.2) is 30.4 Å². The summed E-state index contributed by atoms with van der Waals surface area (Å²) in [7, 11) is 0. The van der Waals surface area contributed by atoms with Crippen LogP contribution in [0.25, 0.3) is 0 Å². The molecule has 24 heavy (non-hydrogen) atoms. The van der Waals surface area contributed by atoms with Gasteiger partial charge in [-0.2, -0.15) is 0 Å². The van der Waals surface area contributed by atoms with Crippen molar-refractivity contribution in [2.24, 2.45) is 17.6 Å². The van der Waals surface area contributed by atoms with Crippen LogP contribution in [0.2, 0.25) is 0 Å². The standard InChI is InChI=1S/C22H33NO/c1-2-3-22(16-23)21-9-8-19-14-18(6-7-20(19)15-21)5-4-17-10-12-24-13-11-17/h4-5,8-9,15,17-18,22H,2-3,6-7,10-14,16,23H2,1H3/b5-4+. The Balaban J connectivity index is 1.62. The number of fused-ring (bicyclic) bond motifs is 1. The van der Waals surface area contributed by atoms with Gasteiger partial charge < -0.3 is 10.5 Å². The molecule has 1 aliphatic heterocycles. The monoisotopic (exact) mass is 327 g/mol. The van der Waals surface area contributed by atoms with Crippen molar-refractivity contribution in [1.82, 2.24) is 0 Å². The number of allylic oxidation sites excluding steroid dienone is 2. The molecule has 0 spiro atoms. The Morgan fingerprint density at radius 3 is 2.67 bits per heavy atom. The van der Waals surface area contributed by atoms with Crippen LogP contribution >= 0.6 is 0 Å². The van der Waals surface area contributed by atoms with Crippen molar-refractivity contribution in [3.63, 3.8) is 0 Å². The van der Waals surface area contributed by atoms with Gasteiger partial charge in [-0.1, -0.05) is 43.7 Å². The van der Waals surface area contributed by atoms with Gasteiger partial charge in [-0.25, -0.2) is 0 Å². The third-order valence-corrected chi connectivity index (χ3v) is 5.81. The zero-order valence-electron chi connectivity index (χ0n) is 15.2. The summed E-state index contributed by atoms with van der Waals surface area (Å²) in [6.45, 7) is 4.89. The third-order valence-electron chi connectivity index (χ3n) is 5.81. The fraction of sp³-hybridized carbons (Fsp3) is 0.636. The van der Waals surface area contributed by atoms with E-state index < -0.39 is 0 Å². The molecule has 1 heterocycles. The molecule has 3 rings (SSSR count). The van der Waals surface area contributed by atoms with E-state index >= 15 is 0 Å². The fourth-order valence-electron chi connectivity index (χ4n) is 4.21. The largest absolute Gasteiger partial charge is 0.381 e. The van der Waals surface area contributed by atoms with E-state index in [9.17, 15) is 0 Å². The molecule has 2 aliphatic rings. The van der Waals surface area contributed by atoms with E-state index in [1.54, 1.807) is 11.1 Å². The van der Waals surface area contributed by atoms with Gasteiger partial charge in [0.1, 0.15) is 0 Å². The van der Waals surface area contributed by atoms with Gasteiger partial charge in [-0.15, -0.1) is 0 Å². The predicted octanol–water partition coefficient (Wildman–Crippen LogP) is 4.62. The van der Waals surface area contributed by atoms with Crippen LogP contribution in [-0.4, -0.2) is 19.8 Å². The molecule has 1 aromatic rings. The quantitative estimate of drug-likeness (QED) is 0.774. The molecule has 132 valence electrons. The molecule has 2 unspecified atom stereocenters. The second-order valence-corrected chi connectivity index (χ2v) is 7.59. The second-order valence-electron chi connectivity index (χ2n) is 7.59. The molecule has 0 radical (unpaired) electrons. The van der Waals surface area contributed by atoms with Crippen LogP contribution in [-0.2, 0) is 17.6 Å². The number of hydrogen-bond acceptors (Lipinski definition) is 2. The van der Waals surface area contributed by atoms with Gasteiger partial charge in [-0.3, -0.25) is 0 Å². The van der Waals surface area contributed by atoms with Crippen LogP contribution in [0.5, 0.6) is 0 Å². The molecule has 2 atom stereocenters. The summed E-state index contributed by atoms with van der Waals surface area (Å²) in [6.07, 6.45) is 13.5. The smallest absolute Gasteiger partial charge is 0.0471 e. The minimum atomic E-state index is 0.534. The lowest BCUT2D eigenvalue weighted by atomic mass is 9.81. The lowest BCUT2D eigenvalue weighted by Gasteiger charge is -2.25. The van der Waals surface area contributed by atoms with E-state index in [2.05, 4.69) is 37.3 Å². The van der Waals surface area contributed by atoms with Gasteiger partial charge in [0, 0.05) is 13.2 Å². The third kappa shape index (κ3) is 4.49. The van der Waals surface area contributed by atoms with Crippen molar-refractivity contribution in [2.75, 3.05) is 19.8 Å². The molecule has 0 amide bonds. The zero-order valence-corrected chi connectivity index (χ0v) is 15.2. The van der Waals surface area contributed by atoms with Gasteiger partial charge in [0.05, 0.1) is 0 Å². The summed E-state index contributed by atoms with van der Waals surface area (Å²) in [6, 6.07) is 7.15. The molecular weight excluding hydrogens is 294 g/mol. The average molecular weight is 328 g/mol. The van der Waals surface area contributed by atoms with Crippen molar-refractivity contribution < 1.29 is 4.74 Å². The van der Waals surface area contributed by atoms with E-state index in [0.717, 1.165) is 25.7 Å². The van der Waals surface area contributed by atoms with Gasteiger partial charge in [0.25, 0.3) is 0 Å². The van der Waals surface area contributed by atoms with E-state index in [1.807, 2.05) is 0 Å². The van der Waals surface area contributed by atoms with E-state index in [4.69, 9.17) is 10.5 Å². The van der Waals surface area contributed by atoms with Crippen LogP contribution in [0.3, 0.4) is 0 Å². The molecular formula is C22H33NO. The topological polar surface area (TPSA) is 35.2 Å². The van der Waals surface area contributed by atoms with Crippen molar-refractivity contribution in [2.45, 2.75) is 57.8 Å². The van der Waals surface area contributed by atoms with Crippen LogP contribution in [0, 0.1) is 11.8 Å². The Morgan fingerprint density at radius 2 is 1.92 bits per heavy atom. The fourth-order valence-corrected chi connectivity index (χ4v) is 4.21. The second kappa shape index (κ2) is 8.82. The molecule has 1 aliphatic carbocycles. The van der Waals surface area contributed by atoms with Crippen molar-refractivity contribution in [3.8, 4) is 0 Å². The summed E-state index contributed by atoms with van der Waals surface area (Å²) in [5, 5.41) is 0. The van der Waals surface area contributed by atoms with E-state index in [0.29, 0.717) is 11.8 Å². The van der Waals surface area contributed by atoms with E-state index in [-0.39, 0.29) is 0 Å². The summed E-state index contributed by atoms with van der Waals surface area (Å²) in [5.41, 5.74) is 10.6. The Hall–Kier alpha value is -1.12. The highest BCUT2D eigenvalue weighted by Gasteiger charge is 2.19. The Labute approximate surface area is 147 Å². The highest BCUT2D eigenvalue weighted by Crippen LogP contribution is 2.31. The van der Waals surface area contributed by atoms with Gasteiger partial charge in [-0.05, 0) is 79.5 Å². The molecule has 1 fully saturated rings. The molecule has 0 aromatic heterocycles. The number of ether oxygens (including phenoxy) is 1. The molecule has 2 nitrogen and oxygen atoms in total. The van der Waals surface area contributed by atoms with Crippen LogP contribution in [0.1, 0.15) is 61.6 Å². The highest BCUT2D eigenvalue weighted by atomic mass is 16.5. The van der Waals surface area contributed by atoms with Gasteiger partial charge >= 0.3 is 0 Å². The number of aryl methyl sites for hydroxylation is 1. The van der Waals surface area contributed by atoms with Crippen molar-refractivity contribution in [3.05, 3.63) is 47.0 Å². The maximum Gasteiger partial charge on any atom is 0.0471 e. The SMILES string of the molecule is CCCC(CN)c1ccc2c(c1)CCC(/C=C/C1CCOCC1)C2. The average Bonchev–Trinajstić information content (AvgIpc) is 2.64. The Bertz CT molecular complexity index is 545. The van der Waals surface area contributed by atoms with Gasteiger partial charge in [0.15, 0.2) is 0 Å². The molecule has 0 saturated carbocycles. The zero-order chi connectivity index (χ0) is 16.8. The lowest BCUT2D eigenvalue weighted by molar-refractivity contribution is 0.0784. The summed E-state index contributed by atoms with van der Waals surface area (Å²) in [5.74, 6) is 1.99. The number of hydrogen-bond donors (Lipinski definition) is 1. The highest BCUT2D eigenvalue weighted by molar-refractivity contribution is 5.36. The number of rotatable bonds is 6. The summed E-state index contributed by atoms with van der Waals surface area (Å²) in [4.78, 5) is 0. The first-order chi connectivity index (χ1) is 11.8. The van der Waals surface area contributed by atoms with Gasteiger partial charge in [0.2, 0.25) is 0 Å². The minimum absolute atomic E-state index is 0.534. The van der Waals surface area contributed by atoms with Crippen molar-refractivity contribution >= 4 is 0 Å². The maximum atomic E-state index is 5.98. The number of nitrogens with two attached hydrogens (primary N) is 1. The summed E-state index contributed by atoms with van der Waals surface area (Å²) < 4.78 is 5.45. The maximum absolute atomic E-state index is 5.98. The van der Waals surface area contributed by atoms with E-state index in [1.165, 1.54) is 50.5 Å². The first-order valence-corrected chi connectivity index (χ1v) is 9.88. The molecule has 1 aromatic carbocycles. The molecule has 0 bridgehead atoms. The predicted molar refractivity (Wildman–Crippen MR) is 101 cm³/mol. The molecule has 2 heteroatoms. The Kier molecular flexibility index (Phi) is 6.51. The first kappa shape index (κ1) is 17.7. The molecule has 1 saturated heterocycles. The lowest BCUT2D eigenvalue weighted by Crippen LogP contribution is -2.17. The minimum Gasteiger partial charge on any atom is -0.381 e. The van der Waals surface area contributed by atoms with Crippen LogP contribution in [0.4, 0.5) is 0 Å². The first-order valence-electron chi connectivity index (χ1n) is 9.88.